The Labute approximate surface area is 77.3 Å². The van der Waals surface area contributed by atoms with Crippen molar-refractivity contribution in [1.82, 2.24) is 0 Å². The molecule has 0 aliphatic carbocycles. The minimum Gasteiger partial charge on any atom is -0.463 e. The third-order valence-corrected chi connectivity index (χ3v) is 2.82. The molecule has 12 heavy (non-hydrogen) atoms. The zero-order chi connectivity index (χ0) is 8.72. The highest BCUT2D eigenvalue weighted by molar-refractivity contribution is 9.10. The molecule has 2 aromatic rings. The molecule has 0 amide bonds. The second-order valence-corrected chi connectivity index (χ2v) is 3.43. The van der Waals surface area contributed by atoms with E-state index < -0.39 is 0 Å². The van der Waals surface area contributed by atoms with Crippen LogP contribution < -0.4 is 0 Å². The van der Waals surface area contributed by atoms with Crippen LogP contribution in [0.2, 0.25) is 0 Å². The average molecular weight is 229 g/mol. The van der Waals surface area contributed by atoms with Gasteiger partial charge in [0.25, 0.3) is 0 Å². The van der Waals surface area contributed by atoms with Gasteiger partial charge in [0, 0.05) is 10.9 Å². The number of benzene rings is 1. The first-order chi connectivity index (χ1) is 5.70. The monoisotopic (exact) mass is 228 g/mol. The molecule has 62 valence electrons. The summed E-state index contributed by atoms with van der Waals surface area (Å²) in [5.41, 5.74) is 1.28. The maximum Gasteiger partial charge on any atom is 0.148 e. The van der Waals surface area contributed by atoms with Gasteiger partial charge in [0.15, 0.2) is 0 Å². The molecule has 0 unspecified atom stereocenters. The van der Waals surface area contributed by atoms with Crippen molar-refractivity contribution >= 4 is 26.9 Å². The third-order valence-electron chi connectivity index (χ3n) is 1.86. The molecule has 0 aliphatic heterocycles. The Morgan fingerprint density at radius 3 is 3.00 bits per heavy atom. The first-order valence-electron chi connectivity index (χ1n) is 3.52. The summed E-state index contributed by atoms with van der Waals surface area (Å²) in [5.74, 6) is -0.212. The van der Waals surface area contributed by atoms with Crippen LogP contribution in [0, 0.1) is 12.7 Å². The molecular weight excluding hydrogens is 223 g/mol. The highest BCUT2D eigenvalue weighted by Crippen LogP contribution is 2.29. The topological polar surface area (TPSA) is 13.1 Å². The van der Waals surface area contributed by atoms with Crippen LogP contribution in [-0.2, 0) is 0 Å². The third kappa shape index (κ3) is 0.966. The van der Waals surface area contributed by atoms with Crippen molar-refractivity contribution < 1.29 is 8.81 Å². The second-order valence-electron chi connectivity index (χ2n) is 2.64. The molecule has 1 aromatic heterocycles. The van der Waals surface area contributed by atoms with Crippen LogP contribution in [0.3, 0.4) is 0 Å². The minimum absolute atomic E-state index is 0.212. The molecule has 1 aromatic carbocycles. The zero-order valence-corrected chi connectivity index (χ0v) is 7.98. The van der Waals surface area contributed by atoms with Crippen molar-refractivity contribution in [3.8, 4) is 0 Å². The number of fused-ring (bicyclic) bond motifs is 1. The molecule has 0 saturated carbocycles. The van der Waals surface area contributed by atoms with Crippen LogP contribution in [0.15, 0.2) is 27.3 Å². The summed E-state index contributed by atoms with van der Waals surface area (Å²) in [6.45, 7) is 1.71. The van der Waals surface area contributed by atoms with Gasteiger partial charge in [0.05, 0.1) is 10.7 Å². The van der Waals surface area contributed by atoms with E-state index in [1.54, 1.807) is 19.3 Å². The summed E-state index contributed by atoms with van der Waals surface area (Å²) in [6, 6.07) is 3.21. The number of hydrogen-bond donors (Lipinski definition) is 0. The zero-order valence-electron chi connectivity index (χ0n) is 6.40. The summed E-state index contributed by atoms with van der Waals surface area (Å²) >= 11 is 3.28. The fraction of sp³-hybridized carbons (Fsp3) is 0.111. The Kier molecular flexibility index (Phi) is 1.68. The standard InChI is InChI=1S/C9H6BrFO/c1-5-7(11)4-6-2-3-12-9(6)8(5)10/h2-4H,1H3. The lowest BCUT2D eigenvalue weighted by Crippen LogP contribution is -1.83. The van der Waals surface area contributed by atoms with Gasteiger partial charge in [-0.05, 0) is 35.0 Å². The molecule has 0 bridgehead atoms. The van der Waals surface area contributed by atoms with E-state index in [4.69, 9.17) is 4.42 Å². The summed E-state index contributed by atoms with van der Waals surface area (Å²) in [4.78, 5) is 0. The Balaban J connectivity index is 2.94. The van der Waals surface area contributed by atoms with E-state index in [0.717, 1.165) is 5.39 Å². The molecule has 0 spiro atoms. The Morgan fingerprint density at radius 1 is 1.50 bits per heavy atom. The lowest BCUT2D eigenvalue weighted by molar-refractivity contribution is 0.602. The van der Waals surface area contributed by atoms with Gasteiger partial charge in [0.2, 0.25) is 0 Å². The molecule has 0 saturated heterocycles. The first kappa shape index (κ1) is 7.80. The summed E-state index contributed by atoms with van der Waals surface area (Å²) in [7, 11) is 0. The number of furan rings is 1. The Hall–Kier alpha value is -0.830. The normalized spacial score (nSPS) is 10.9. The molecule has 0 aliphatic rings. The average Bonchev–Trinajstić information content (AvgIpc) is 2.48. The quantitative estimate of drug-likeness (QED) is 0.672. The molecular formula is C9H6BrFO. The van der Waals surface area contributed by atoms with Crippen molar-refractivity contribution in [1.29, 1.82) is 0 Å². The lowest BCUT2D eigenvalue weighted by atomic mass is 10.2. The predicted octanol–water partition coefficient (Wildman–Crippen LogP) is 3.64. The first-order valence-corrected chi connectivity index (χ1v) is 4.31. The van der Waals surface area contributed by atoms with Gasteiger partial charge >= 0.3 is 0 Å². The van der Waals surface area contributed by atoms with Gasteiger partial charge < -0.3 is 4.42 Å². The van der Waals surface area contributed by atoms with E-state index in [0.29, 0.717) is 15.6 Å². The molecule has 0 fully saturated rings. The van der Waals surface area contributed by atoms with Gasteiger partial charge in [-0.3, -0.25) is 0 Å². The molecule has 2 rings (SSSR count). The van der Waals surface area contributed by atoms with Crippen molar-refractivity contribution in [3.05, 3.63) is 34.2 Å². The van der Waals surface area contributed by atoms with Gasteiger partial charge in [0.1, 0.15) is 11.4 Å². The van der Waals surface area contributed by atoms with Crippen LogP contribution in [0.4, 0.5) is 4.39 Å². The lowest BCUT2D eigenvalue weighted by Gasteiger charge is -1.99. The fourth-order valence-electron chi connectivity index (χ4n) is 1.13. The molecule has 1 nitrogen and oxygen atoms in total. The van der Waals surface area contributed by atoms with Gasteiger partial charge in [-0.25, -0.2) is 4.39 Å². The van der Waals surface area contributed by atoms with Gasteiger partial charge in [-0.1, -0.05) is 0 Å². The van der Waals surface area contributed by atoms with Gasteiger partial charge in [-0.15, -0.1) is 0 Å². The van der Waals surface area contributed by atoms with E-state index >= 15 is 0 Å². The van der Waals surface area contributed by atoms with Crippen molar-refractivity contribution in [2.24, 2.45) is 0 Å². The van der Waals surface area contributed by atoms with Crippen LogP contribution in [0.25, 0.3) is 11.0 Å². The summed E-state index contributed by atoms with van der Waals surface area (Å²) in [5, 5.41) is 0.782. The summed E-state index contributed by atoms with van der Waals surface area (Å²) < 4.78 is 19.0. The highest BCUT2D eigenvalue weighted by atomic mass is 79.9. The van der Waals surface area contributed by atoms with Crippen molar-refractivity contribution in [2.45, 2.75) is 6.92 Å². The maximum atomic E-state index is 13.1. The SMILES string of the molecule is Cc1c(F)cc2ccoc2c1Br. The van der Waals surface area contributed by atoms with Crippen LogP contribution >= 0.6 is 15.9 Å². The minimum atomic E-state index is -0.212. The van der Waals surface area contributed by atoms with Crippen molar-refractivity contribution in [3.63, 3.8) is 0 Å². The second kappa shape index (κ2) is 2.59. The Bertz CT molecular complexity index is 433. The van der Waals surface area contributed by atoms with Crippen LogP contribution in [0.1, 0.15) is 5.56 Å². The van der Waals surface area contributed by atoms with Gasteiger partial charge in [-0.2, -0.15) is 0 Å². The number of rotatable bonds is 0. The molecule has 3 heteroatoms. The van der Waals surface area contributed by atoms with E-state index in [1.165, 1.54) is 6.07 Å². The van der Waals surface area contributed by atoms with E-state index in [2.05, 4.69) is 15.9 Å². The molecule has 0 N–H and O–H groups in total. The number of hydrogen-bond acceptors (Lipinski definition) is 1. The largest absolute Gasteiger partial charge is 0.463 e. The highest BCUT2D eigenvalue weighted by Gasteiger charge is 2.09. The smallest absolute Gasteiger partial charge is 0.148 e. The predicted molar refractivity (Wildman–Crippen MR) is 48.6 cm³/mol. The van der Waals surface area contributed by atoms with E-state index in [9.17, 15) is 4.39 Å². The van der Waals surface area contributed by atoms with E-state index in [-0.39, 0.29) is 5.82 Å². The molecule has 1 heterocycles. The summed E-state index contributed by atoms with van der Waals surface area (Å²) in [6.07, 6.45) is 1.55. The molecule has 0 radical (unpaired) electrons. The van der Waals surface area contributed by atoms with Crippen LogP contribution in [0.5, 0.6) is 0 Å². The maximum absolute atomic E-state index is 13.1. The number of halogens is 2. The molecule has 0 atom stereocenters. The fourth-order valence-corrected chi connectivity index (χ4v) is 1.64. The Morgan fingerprint density at radius 2 is 2.25 bits per heavy atom. The van der Waals surface area contributed by atoms with Crippen LogP contribution in [-0.4, -0.2) is 0 Å². The van der Waals surface area contributed by atoms with E-state index in [1.807, 2.05) is 0 Å². The van der Waals surface area contributed by atoms with Crippen molar-refractivity contribution in [2.75, 3.05) is 0 Å².